The first kappa shape index (κ1) is 14.1. The summed E-state index contributed by atoms with van der Waals surface area (Å²) in [6, 6.07) is 10.2. The highest BCUT2D eigenvalue weighted by Crippen LogP contribution is 2.40. The van der Waals surface area contributed by atoms with Crippen molar-refractivity contribution in [2.45, 2.75) is 24.9 Å². The molecule has 1 atom stereocenters. The molecule has 1 aliphatic carbocycles. The Labute approximate surface area is 130 Å². The van der Waals surface area contributed by atoms with Gasteiger partial charge in [-0.15, -0.1) is 0 Å². The number of halogens is 3. The fraction of sp³-hybridized carbons (Fsp3) is 0.250. The van der Waals surface area contributed by atoms with Crippen LogP contribution in [0.25, 0.3) is 0 Å². The summed E-state index contributed by atoms with van der Waals surface area (Å²) < 4.78 is 14.2. The molecule has 20 heavy (non-hydrogen) atoms. The minimum Gasteiger partial charge on any atom is -0.385 e. The number of aryl methyl sites for hydroxylation is 1. The number of benzene rings is 2. The lowest BCUT2D eigenvalue weighted by atomic mass is 9.89. The molecule has 1 aliphatic rings. The standard InChI is InChI=1S/C16H13BrClFO/c17-12-2-1-11(15(18)8-12)9-16(20)6-5-10-7-13(19)3-4-14(10)16/h1-4,7-8,20H,5-6,9H2. The maximum atomic E-state index is 13.2. The molecule has 0 heterocycles. The molecule has 0 aromatic heterocycles. The highest BCUT2D eigenvalue weighted by atomic mass is 79.9. The molecular formula is C16H13BrClFO. The molecule has 0 saturated heterocycles. The van der Waals surface area contributed by atoms with Crippen molar-refractivity contribution in [2.24, 2.45) is 0 Å². The van der Waals surface area contributed by atoms with Gasteiger partial charge in [0.25, 0.3) is 0 Å². The van der Waals surface area contributed by atoms with E-state index in [0.717, 1.165) is 21.2 Å². The maximum Gasteiger partial charge on any atom is 0.123 e. The fourth-order valence-corrected chi connectivity index (χ4v) is 3.60. The van der Waals surface area contributed by atoms with Crippen LogP contribution in [0.3, 0.4) is 0 Å². The lowest BCUT2D eigenvalue weighted by molar-refractivity contribution is 0.0389. The zero-order valence-electron chi connectivity index (χ0n) is 10.7. The summed E-state index contributed by atoms with van der Waals surface area (Å²) in [5.74, 6) is -0.255. The number of rotatable bonds is 2. The Kier molecular flexibility index (Phi) is 3.61. The first-order valence-electron chi connectivity index (χ1n) is 6.43. The molecule has 0 fully saturated rings. The second kappa shape index (κ2) is 5.14. The van der Waals surface area contributed by atoms with Gasteiger partial charge in [-0.2, -0.15) is 0 Å². The smallest absolute Gasteiger partial charge is 0.123 e. The van der Waals surface area contributed by atoms with Gasteiger partial charge in [-0.1, -0.05) is 39.7 Å². The Morgan fingerprint density at radius 3 is 2.80 bits per heavy atom. The Morgan fingerprint density at radius 1 is 1.25 bits per heavy atom. The Hall–Kier alpha value is -0.900. The monoisotopic (exact) mass is 354 g/mol. The van der Waals surface area contributed by atoms with E-state index in [9.17, 15) is 9.50 Å². The quantitative estimate of drug-likeness (QED) is 0.833. The first-order chi connectivity index (χ1) is 9.48. The molecule has 0 bridgehead atoms. The molecule has 1 nitrogen and oxygen atoms in total. The second-order valence-corrected chi connectivity index (χ2v) is 6.57. The summed E-state index contributed by atoms with van der Waals surface area (Å²) in [6.07, 6.45) is 1.73. The Balaban J connectivity index is 1.96. The average molecular weight is 356 g/mol. The molecular weight excluding hydrogens is 343 g/mol. The minimum atomic E-state index is -0.958. The number of fused-ring (bicyclic) bond motifs is 1. The zero-order valence-corrected chi connectivity index (χ0v) is 13.0. The highest BCUT2D eigenvalue weighted by Gasteiger charge is 2.37. The molecule has 104 valence electrons. The summed E-state index contributed by atoms with van der Waals surface area (Å²) in [4.78, 5) is 0. The van der Waals surface area contributed by atoms with Crippen LogP contribution in [0.5, 0.6) is 0 Å². The van der Waals surface area contributed by atoms with Crippen LogP contribution in [-0.2, 0) is 18.4 Å². The van der Waals surface area contributed by atoms with Crippen LogP contribution < -0.4 is 0 Å². The molecule has 1 N–H and O–H groups in total. The SMILES string of the molecule is OC1(Cc2ccc(Br)cc2Cl)CCc2cc(F)ccc21. The lowest BCUT2D eigenvalue weighted by Gasteiger charge is -2.24. The van der Waals surface area contributed by atoms with Crippen molar-refractivity contribution in [3.05, 3.63) is 68.4 Å². The van der Waals surface area contributed by atoms with E-state index in [2.05, 4.69) is 15.9 Å². The molecule has 0 aliphatic heterocycles. The largest absolute Gasteiger partial charge is 0.385 e. The van der Waals surface area contributed by atoms with Gasteiger partial charge in [-0.25, -0.2) is 4.39 Å². The average Bonchev–Trinajstić information content (AvgIpc) is 2.70. The summed E-state index contributed by atoms with van der Waals surface area (Å²) >= 11 is 9.59. The maximum absolute atomic E-state index is 13.2. The van der Waals surface area contributed by atoms with E-state index in [0.29, 0.717) is 24.3 Å². The van der Waals surface area contributed by atoms with Gasteiger partial charge in [0.15, 0.2) is 0 Å². The van der Waals surface area contributed by atoms with Crippen LogP contribution in [-0.4, -0.2) is 5.11 Å². The zero-order chi connectivity index (χ0) is 14.3. The minimum absolute atomic E-state index is 0.255. The second-order valence-electron chi connectivity index (χ2n) is 5.25. The fourth-order valence-electron chi connectivity index (χ4n) is 2.86. The third-order valence-electron chi connectivity index (χ3n) is 3.87. The number of aliphatic hydroxyl groups is 1. The van der Waals surface area contributed by atoms with Crippen molar-refractivity contribution < 1.29 is 9.50 Å². The third-order valence-corrected chi connectivity index (χ3v) is 4.72. The number of hydrogen-bond acceptors (Lipinski definition) is 1. The van der Waals surface area contributed by atoms with Gasteiger partial charge in [0.05, 0.1) is 5.60 Å². The van der Waals surface area contributed by atoms with Crippen molar-refractivity contribution in [2.75, 3.05) is 0 Å². The van der Waals surface area contributed by atoms with E-state index in [1.807, 2.05) is 18.2 Å². The summed E-state index contributed by atoms with van der Waals surface area (Å²) in [5, 5.41) is 11.5. The predicted molar refractivity (Wildman–Crippen MR) is 81.5 cm³/mol. The van der Waals surface area contributed by atoms with Gasteiger partial charge in [0, 0.05) is 15.9 Å². The van der Waals surface area contributed by atoms with Crippen molar-refractivity contribution in [1.82, 2.24) is 0 Å². The van der Waals surface area contributed by atoms with Gasteiger partial charge in [-0.3, -0.25) is 0 Å². The van der Waals surface area contributed by atoms with Gasteiger partial charge < -0.3 is 5.11 Å². The molecule has 0 radical (unpaired) electrons. The Bertz CT molecular complexity index is 674. The van der Waals surface area contributed by atoms with Crippen molar-refractivity contribution in [3.63, 3.8) is 0 Å². The van der Waals surface area contributed by atoms with Crippen LogP contribution in [0, 0.1) is 5.82 Å². The normalized spacial score (nSPS) is 21.0. The highest BCUT2D eigenvalue weighted by molar-refractivity contribution is 9.10. The van der Waals surface area contributed by atoms with Crippen LogP contribution in [0.2, 0.25) is 5.02 Å². The van der Waals surface area contributed by atoms with Crippen molar-refractivity contribution in [3.8, 4) is 0 Å². The lowest BCUT2D eigenvalue weighted by Crippen LogP contribution is -2.25. The van der Waals surface area contributed by atoms with E-state index in [4.69, 9.17) is 11.6 Å². The number of hydrogen-bond donors (Lipinski definition) is 1. The van der Waals surface area contributed by atoms with Crippen LogP contribution in [0.4, 0.5) is 4.39 Å². The van der Waals surface area contributed by atoms with E-state index < -0.39 is 5.60 Å². The van der Waals surface area contributed by atoms with E-state index in [-0.39, 0.29) is 5.82 Å². The molecule has 0 saturated carbocycles. The van der Waals surface area contributed by atoms with Gasteiger partial charge in [-0.05, 0) is 53.8 Å². The summed E-state index contributed by atoms with van der Waals surface area (Å²) in [7, 11) is 0. The first-order valence-corrected chi connectivity index (χ1v) is 7.60. The topological polar surface area (TPSA) is 20.2 Å². The molecule has 2 aromatic rings. The van der Waals surface area contributed by atoms with Crippen LogP contribution in [0.15, 0.2) is 40.9 Å². The molecule has 3 rings (SSSR count). The van der Waals surface area contributed by atoms with Crippen molar-refractivity contribution in [1.29, 1.82) is 0 Å². The Morgan fingerprint density at radius 2 is 2.05 bits per heavy atom. The summed E-state index contributed by atoms with van der Waals surface area (Å²) in [6.45, 7) is 0. The van der Waals surface area contributed by atoms with E-state index in [1.54, 1.807) is 6.07 Å². The third kappa shape index (κ3) is 2.50. The van der Waals surface area contributed by atoms with Crippen LogP contribution in [0.1, 0.15) is 23.1 Å². The van der Waals surface area contributed by atoms with Gasteiger partial charge in [0.1, 0.15) is 5.82 Å². The molecule has 2 aromatic carbocycles. The van der Waals surface area contributed by atoms with E-state index in [1.165, 1.54) is 12.1 Å². The van der Waals surface area contributed by atoms with Crippen molar-refractivity contribution >= 4 is 27.5 Å². The van der Waals surface area contributed by atoms with Gasteiger partial charge >= 0.3 is 0 Å². The molecule has 0 spiro atoms. The van der Waals surface area contributed by atoms with Crippen LogP contribution >= 0.6 is 27.5 Å². The predicted octanol–water partition coefficient (Wildman–Crippen LogP) is 4.62. The summed E-state index contributed by atoms with van der Waals surface area (Å²) in [5.41, 5.74) is 1.65. The molecule has 1 unspecified atom stereocenters. The van der Waals surface area contributed by atoms with E-state index >= 15 is 0 Å². The molecule has 4 heteroatoms. The van der Waals surface area contributed by atoms with Gasteiger partial charge in [0.2, 0.25) is 0 Å². The molecule has 0 amide bonds.